The molecule has 1 aromatic heterocycles. The molecule has 0 saturated carbocycles. The maximum Gasteiger partial charge on any atom is 0.337 e. The van der Waals surface area contributed by atoms with E-state index in [1.807, 2.05) is 6.07 Å². The molecule has 1 saturated heterocycles. The number of carboxylic acids is 1. The van der Waals surface area contributed by atoms with Crippen LogP contribution in [0.25, 0.3) is 10.9 Å². The minimum absolute atomic E-state index is 0.0796. The van der Waals surface area contributed by atoms with Gasteiger partial charge in [0, 0.05) is 5.39 Å². The number of nitrogens with zero attached hydrogens (tertiary/aromatic N) is 1. The fraction of sp³-hybridized carbons (Fsp3) is 0.182. The Morgan fingerprint density at radius 3 is 2.65 bits per heavy atom. The summed E-state index contributed by atoms with van der Waals surface area (Å²) in [6.07, 6.45) is 1.72. The van der Waals surface area contributed by atoms with E-state index in [2.05, 4.69) is 20.9 Å². The molecular weight excluding hydrogens is 398 g/mol. The van der Waals surface area contributed by atoms with Crippen LogP contribution in [0.1, 0.15) is 39.3 Å². The lowest BCUT2D eigenvalue weighted by molar-refractivity contribution is -0.117. The molecule has 5 N–H and O–H groups in total. The number of aromatic carboxylic acids is 1. The molecule has 3 aromatic rings. The number of para-hydroxylation sites is 1. The number of aromatic amines is 1. The number of fused-ring (bicyclic) bond motifs is 1. The fourth-order valence-corrected chi connectivity index (χ4v) is 3.60. The molecule has 2 aromatic carbocycles. The van der Waals surface area contributed by atoms with Crippen LogP contribution in [0.3, 0.4) is 0 Å². The molecule has 1 aliphatic rings. The highest BCUT2D eigenvalue weighted by Crippen LogP contribution is 2.25. The van der Waals surface area contributed by atoms with Crippen molar-refractivity contribution in [1.82, 2.24) is 10.3 Å². The minimum atomic E-state index is -1.26. The molecule has 1 unspecified atom stereocenters. The third-order valence-electron chi connectivity index (χ3n) is 5.16. The van der Waals surface area contributed by atoms with Crippen molar-refractivity contribution >= 4 is 40.1 Å². The number of H-pyrrole nitrogens is 1. The van der Waals surface area contributed by atoms with Crippen LogP contribution < -0.4 is 16.0 Å². The van der Waals surface area contributed by atoms with Crippen LogP contribution >= 0.6 is 0 Å². The van der Waals surface area contributed by atoms with Crippen LogP contribution in [-0.4, -0.2) is 40.5 Å². The molecule has 2 heterocycles. The lowest BCUT2D eigenvalue weighted by atomic mass is 10.1. The molecule has 1 fully saturated rings. The molecule has 1 aliphatic heterocycles. The van der Waals surface area contributed by atoms with Gasteiger partial charge >= 0.3 is 5.97 Å². The van der Waals surface area contributed by atoms with E-state index in [0.717, 1.165) is 24.8 Å². The fourth-order valence-electron chi connectivity index (χ4n) is 3.60. The van der Waals surface area contributed by atoms with E-state index in [1.54, 1.807) is 24.3 Å². The zero-order chi connectivity index (χ0) is 22.0. The third kappa shape index (κ3) is 4.10. The van der Waals surface area contributed by atoms with E-state index in [4.69, 9.17) is 5.26 Å². The van der Waals surface area contributed by atoms with Crippen molar-refractivity contribution in [2.45, 2.75) is 18.9 Å². The summed E-state index contributed by atoms with van der Waals surface area (Å²) in [5.41, 5.74) is 1.43. The maximum absolute atomic E-state index is 12.8. The van der Waals surface area contributed by atoms with Crippen LogP contribution in [0.5, 0.6) is 0 Å². The van der Waals surface area contributed by atoms with Gasteiger partial charge in [-0.3, -0.25) is 9.59 Å². The topological polar surface area (TPSA) is 147 Å². The second-order valence-electron chi connectivity index (χ2n) is 7.22. The standard InChI is InChI=1S/C22H19N5O4/c23-11-12-6-7-15(14(9-12)22(30)31)26-21(29)18-10-13-3-1-4-16(19(13)25-18)27-20(28)17-5-2-8-24-17/h1,3-4,6-7,9-10,17,24-25H,2,5,8H2,(H,26,29)(H,27,28)(H,30,31). The number of carbonyl (C=O) groups excluding carboxylic acids is 2. The second kappa shape index (κ2) is 8.30. The molecule has 9 heteroatoms. The summed E-state index contributed by atoms with van der Waals surface area (Å²) in [5.74, 6) is -1.93. The average Bonchev–Trinajstić information content (AvgIpc) is 3.44. The molecule has 2 amide bonds. The van der Waals surface area contributed by atoms with Crippen molar-refractivity contribution in [3.05, 3.63) is 59.3 Å². The van der Waals surface area contributed by atoms with Gasteiger partial charge in [-0.15, -0.1) is 0 Å². The summed E-state index contributed by atoms with van der Waals surface area (Å²) >= 11 is 0. The molecule has 0 bridgehead atoms. The van der Waals surface area contributed by atoms with Gasteiger partial charge in [0.15, 0.2) is 0 Å². The first-order valence-electron chi connectivity index (χ1n) is 9.71. The Labute approximate surface area is 177 Å². The SMILES string of the molecule is N#Cc1ccc(NC(=O)c2cc3cccc(NC(=O)C4CCCN4)c3[nH]2)c(C(=O)O)c1. The minimum Gasteiger partial charge on any atom is -0.478 e. The predicted octanol–water partition coefficient (Wildman–Crippen LogP) is 2.68. The first kappa shape index (κ1) is 20.1. The Morgan fingerprint density at radius 1 is 1.10 bits per heavy atom. The molecule has 0 radical (unpaired) electrons. The van der Waals surface area contributed by atoms with Gasteiger partial charge in [0.2, 0.25) is 5.91 Å². The highest BCUT2D eigenvalue weighted by molar-refractivity contribution is 6.10. The summed E-state index contributed by atoms with van der Waals surface area (Å²) in [5, 5.41) is 27.7. The number of amides is 2. The van der Waals surface area contributed by atoms with E-state index in [0.29, 0.717) is 11.2 Å². The summed E-state index contributed by atoms with van der Waals surface area (Å²) in [6.45, 7) is 0.808. The van der Waals surface area contributed by atoms with Gasteiger partial charge in [-0.2, -0.15) is 5.26 Å². The van der Waals surface area contributed by atoms with Gasteiger partial charge in [0.25, 0.3) is 5.91 Å². The average molecular weight is 417 g/mol. The molecule has 4 rings (SSSR count). The molecule has 31 heavy (non-hydrogen) atoms. The molecular formula is C22H19N5O4. The van der Waals surface area contributed by atoms with Crippen LogP contribution in [0, 0.1) is 11.3 Å². The Bertz CT molecular complexity index is 1230. The number of benzene rings is 2. The quantitative estimate of drug-likeness (QED) is 0.431. The summed E-state index contributed by atoms with van der Waals surface area (Å²) in [4.78, 5) is 39.7. The third-order valence-corrected chi connectivity index (χ3v) is 5.16. The highest BCUT2D eigenvalue weighted by atomic mass is 16.4. The predicted molar refractivity (Wildman–Crippen MR) is 114 cm³/mol. The van der Waals surface area contributed by atoms with Crippen molar-refractivity contribution in [2.75, 3.05) is 17.2 Å². The van der Waals surface area contributed by atoms with Crippen molar-refractivity contribution in [3.63, 3.8) is 0 Å². The maximum atomic E-state index is 12.8. The van der Waals surface area contributed by atoms with E-state index >= 15 is 0 Å². The number of carboxylic acid groups (broad SMARTS) is 1. The summed E-state index contributed by atoms with van der Waals surface area (Å²) in [6, 6.07) is 12.6. The smallest absolute Gasteiger partial charge is 0.337 e. The zero-order valence-corrected chi connectivity index (χ0v) is 16.4. The molecule has 1 atom stereocenters. The number of nitrogens with one attached hydrogen (secondary N) is 4. The van der Waals surface area contributed by atoms with E-state index in [1.165, 1.54) is 18.2 Å². The van der Waals surface area contributed by atoms with Gasteiger partial charge in [0.05, 0.1) is 40.1 Å². The highest BCUT2D eigenvalue weighted by Gasteiger charge is 2.23. The van der Waals surface area contributed by atoms with Gasteiger partial charge in [0.1, 0.15) is 5.69 Å². The molecule has 9 nitrogen and oxygen atoms in total. The number of rotatable bonds is 5. The summed E-state index contributed by atoms with van der Waals surface area (Å²) < 4.78 is 0. The Hall–Kier alpha value is -4.16. The largest absolute Gasteiger partial charge is 0.478 e. The van der Waals surface area contributed by atoms with Crippen LogP contribution in [0.15, 0.2) is 42.5 Å². The van der Waals surface area contributed by atoms with Gasteiger partial charge in [-0.25, -0.2) is 4.79 Å². The Balaban J connectivity index is 1.59. The number of hydrogen-bond donors (Lipinski definition) is 5. The first-order chi connectivity index (χ1) is 15.0. The lowest BCUT2D eigenvalue weighted by Crippen LogP contribution is -2.35. The number of carbonyl (C=O) groups is 3. The molecule has 0 spiro atoms. The normalized spacial score (nSPS) is 15.4. The Kier molecular flexibility index (Phi) is 5.39. The van der Waals surface area contributed by atoms with E-state index < -0.39 is 11.9 Å². The summed E-state index contributed by atoms with van der Waals surface area (Å²) in [7, 11) is 0. The van der Waals surface area contributed by atoms with Crippen molar-refractivity contribution in [2.24, 2.45) is 0 Å². The number of hydrogen-bond acceptors (Lipinski definition) is 5. The number of aromatic nitrogens is 1. The van der Waals surface area contributed by atoms with Crippen LogP contribution in [0.4, 0.5) is 11.4 Å². The number of nitriles is 1. The van der Waals surface area contributed by atoms with Gasteiger partial charge < -0.3 is 26.0 Å². The van der Waals surface area contributed by atoms with Gasteiger partial charge in [-0.1, -0.05) is 12.1 Å². The molecule has 156 valence electrons. The van der Waals surface area contributed by atoms with E-state index in [-0.39, 0.29) is 34.5 Å². The number of anilines is 2. The first-order valence-corrected chi connectivity index (χ1v) is 9.71. The second-order valence-corrected chi connectivity index (χ2v) is 7.22. The lowest BCUT2D eigenvalue weighted by Gasteiger charge is -2.11. The van der Waals surface area contributed by atoms with Crippen molar-refractivity contribution < 1.29 is 19.5 Å². The monoisotopic (exact) mass is 417 g/mol. The zero-order valence-electron chi connectivity index (χ0n) is 16.4. The van der Waals surface area contributed by atoms with Crippen LogP contribution in [-0.2, 0) is 4.79 Å². The van der Waals surface area contributed by atoms with Gasteiger partial charge in [-0.05, 0) is 49.7 Å². The molecule has 0 aliphatic carbocycles. The Morgan fingerprint density at radius 2 is 1.94 bits per heavy atom. The van der Waals surface area contributed by atoms with Crippen molar-refractivity contribution in [3.8, 4) is 6.07 Å². The van der Waals surface area contributed by atoms with Crippen molar-refractivity contribution in [1.29, 1.82) is 5.26 Å². The van der Waals surface area contributed by atoms with Crippen LogP contribution in [0.2, 0.25) is 0 Å². The van der Waals surface area contributed by atoms with E-state index in [9.17, 15) is 19.5 Å².